The second-order valence-corrected chi connectivity index (χ2v) is 44.4. The third kappa shape index (κ3) is 19.1. The van der Waals surface area contributed by atoms with Gasteiger partial charge >= 0.3 is 0 Å². The molecule has 16 aromatic carbocycles. The molecule has 0 heterocycles. The Kier molecular flexibility index (Phi) is 26.6. The van der Waals surface area contributed by atoms with Crippen LogP contribution in [0.25, 0.3) is 44.5 Å². The molecule has 4 fully saturated rings. The van der Waals surface area contributed by atoms with Crippen LogP contribution < -0.4 is 19.6 Å². The summed E-state index contributed by atoms with van der Waals surface area (Å²) in [5.74, 6) is 6.33. The van der Waals surface area contributed by atoms with Gasteiger partial charge in [-0.2, -0.15) is 0 Å². The van der Waals surface area contributed by atoms with E-state index in [2.05, 4.69) is 512 Å². The van der Waals surface area contributed by atoms with Gasteiger partial charge in [0.2, 0.25) is 0 Å². The summed E-state index contributed by atoms with van der Waals surface area (Å²) in [6, 6.07) is 131. The molecule has 0 aliphatic heterocycles. The lowest BCUT2D eigenvalue weighted by Crippen LogP contribution is -2.21. The molecule has 0 aromatic heterocycles. The van der Waals surface area contributed by atoms with Gasteiger partial charge in [-0.05, 0) is 481 Å². The highest BCUT2D eigenvalue weighted by atomic mass is 79.9. The molecule has 656 valence electrons. The summed E-state index contributed by atoms with van der Waals surface area (Å²) in [4.78, 5) is 9.20. The first kappa shape index (κ1) is 89.1. The zero-order valence-corrected chi connectivity index (χ0v) is 86.3. The van der Waals surface area contributed by atoms with Gasteiger partial charge in [-0.1, -0.05) is 249 Å². The van der Waals surface area contributed by atoms with Crippen LogP contribution in [0.4, 0.5) is 68.2 Å². The molecule has 4 saturated carbocycles. The highest BCUT2D eigenvalue weighted by Crippen LogP contribution is 2.58. The van der Waals surface area contributed by atoms with Crippen molar-refractivity contribution in [3.63, 3.8) is 0 Å². The predicted octanol–water partition coefficient (Wildman–Crippen LogP) is 40.3. The fourth-order valence-electron chi connectivity index (χ4n) is 22.8. The van der Waals surface area contributed by atoms with Gasteiger partial charge in [0.25, 0.3) is 0 Å². The second-order valence-electron chi connectivity index (χ2n) is 37.0. The Morgan fingerprint density at radius 3 is 0.636 bits per heavy atom. The topological polar surface area (TPSA) is 13.0 Å². The first-order valence-corrected chi connectivity index (χ1v) is 53.1. The van der Waals surface area contributed by atoms with Crippen molar-refractivity contribution in [2.24, 2.45) is 0 Å². The number of fused-ring (bicyclic) bond motifs is 15. The van der Waals surface area contributed by atoms with Crippen molar-refractivity contribution in [1.82, 2.24) is 0 Å². The van der Waals surface area contributed by atoms with E-state index >= 15 is 0 Å². The minimum atomic E-state index is 0.762. The molecule has 8 bridgehead atoms. The van der Waals surface area contributed by atoms with E-state index in [-0.39, 0.29) is 0 Å². The zero-order chi connectivity index (χ0) is 89.6. The van der Waals surface area contributed by atoms with E-state index in [0.29, 0.717) is 0 Å². The van der Waals surface area contributed by atoms with Crippen LogP contribution in [0.15, 0.2) is 394 Å². The number of anilines is 12. The summed E-state index contributed by atoms with van der Waals surface area (Å²) in [5.41, 5.74) is 38.7. The van der Waals surface area contributed by atoms with Crippen LogP contribution >= 0.6 is 127 Å². The Morgan fingerprint density at radius 2 is 0.348 bits per heavy atom. The van der Waals surface area contributed by atoms with Crippen molar-refractivity contribution in [3.05, 3.63) is 444 Å². The summed E-state index contributed by atoms with van der Waals surface area (Å²) < 4.78 is 8.65. The number of aryl methyl sites for hydroxylation is 1. The number of hydrogen-bond acceptors (Lipinski definition) is 4. The molecule has 10 aliphatic carbocycles. The molecule has 0 spiro atoms. The van der Waals surface area contributed by atoms with Crippen molar-refractivity contribution in [2.75, 3.05) is 19.6 Å². The van der Waals surface area contributed by atoms with Gasteiger partial charge < -0.3 is 19.6 Å². The van der Waals surface area contributed by atoms with Crippen molar-refractivity contribution in [3.8, 4) is 44.5 Å². The molecule has 0 radical (unpaired) electrons. The van der Waals surface area contributed by atoms with Crippen molar-refractivity contribution < 1.29 is 0 Å². The van der Waals surface area contributed by atoms with Crippen LogP contribution in [0.5, 0.6) is 0 Å². The number of halogens is 8. The molecule has 6 atom stereocenters. The Labute approximate surface area is 845 Å². The lowest BCUT2D eigenvalue weighted by molar-refractivity contribution is 0.359. The number of nitrogens with zero attached hydrogens (tertiary/aromatic N) is 4. The molecule has 6 unspecified atom stereocenters. The van der Waals surface area contributed by atoms with E-state index in [1.165, 1.54) is 146 Å². The van der Waals surface area contributed by atoms with Crippen molar-refractivity contribution in [1.29, 1.82) is 0 Å². The largest absolute Gasteiger partial charge is 0.311 e. The lowest BCUT2D eigenvalue weighted by Gasteiger charge is -2.38. The Balaban J connectivity index is 0.000000106. The average Bonchev–Trinajstić information content (AvgIpc) is 1.49. The molecule has 4 nitrogen and oxygen atoms in total. The van der Waals surface area contributed by atoms with Gasteiger partial charge in [0.15, 0.2) is 0 Å². The lowest BCUT2D eigenvalue weighted by atomic mass is 9.66. The van der Waals surface area contributed by atoms with E-state index < -0.39 is 0 Å². The first-order chi connectivity index (χ1) is 64.5. The third-order valence-corrected chi connectivity index (χ3v) is 33.5. The van der Waals surface area contributed by atoms with Crippen molar-refractivity contribution >= 4 is 196 Å². The predicted molar refractivity (Wildman–Crippen MR) is 584 cm³/mol. The molecule has 12 heteroatoms. The standard InChI is InChI=1S/C31H27Br2N.2C30H25Br2N.C29H23Br2N/c32-25-9-15-28(16-10-25)34(29-17-11-26(33)12-18-29)27-13-6-21(7-14-27)24-8-19-30-22-2-1-3-23(5-4-22)31(30)20-24;1-19-16-23(18-29-21-2-3-22(17-21)30(19)29)20-4-10-26(11-5-20)33(27-12-6-24(31)7-13-27)28-14-8-25(32)9-15-28;31-24-8-14-27(15-9-24)33(28-16-10-25(32)11-17-28)26-12-5-20(6-13-26)23-7-18-29-21-1-3-22(4-2-21)30(29)19-23;30-23-6-12-26(13-7-23)32(27-14-8-24(31)9-15-27)25-10-3-19(4-11-25)20-5-16-28-21-1-2-22(17-21)29(28)18-20/h6-20,22-23H,1-5H2;4-16,18,21-22H,2-3,17H2,1H3;5-19,21-22H,1-4H2;3-16,18,21-22H,1-2,17H2. The number of rotatable bonds is 16. The van der Waals surface area contributed by atoms with Gasteiger partial charge in [-0.15, -0.1) is 0 Å². The fourth-order valence-corrected chi connectivity index (χ4v) is 24.9. The van der Waals surface area contributed by atoms with Gasteiger partial charge in [0, 0.05) is 104 Å². The Bertz CT molecular complexity index is 6600. The van der Waals surface area contributed by atoms with E-state index in [1.54, 1.807) is 44.5 Å². The minimum Gasteiger partial charge on any atom is -0.311 e. The number of benzene rings is 16. The Morgan fingerprint density at radius 1 is 0.167 bits per heavy atom. The highest BCUT2D eigenvalue weighted by molar-refractivity contribution is 9.11. The summed E-state index contributed by atoms with van der Waals surface area (Å²) in [6.07, 6.45) is 20.6. The maximum absolute atomic E-state index is 3.57. The quantitative estimate of drug-likeness (QED) is 0.0956. The van der Waals surface area contributed by atoms with Crippen molar-refractivity contribution in [2.45, 2.75) is 151 Å². The molecule has 0 saturated heterocycles. The fraction of sp³-hybridized carbons (Fsp3) is 0.200. The normalized spacial score (nSPS) is 18.6. The maximum atomic E-state index is 3.57. The van der Waals surface area contributed by atoms with E-state index in [9.17, 15) is 0 Å². The molecule has 26 rings (SSSR count). The monoisotopic (exact) mass is 2230 g/mol. The second kappa shape index (κ2) is 39.5. The minimum absolute atomic E-state index is 0.762. The first-order valence-electron chi connectivity index (χ1n) is 46.8. The molecular formula is C120H100Br8N4. The average molecular weight is 2240 g/mol. The molecule has 0 N–H and O–H groups in total. The SMILES string of the molecule is Brc1ccc(N(c2ccc(Br)cc2)c2ccc(-c3ccc4c(c3)C3CCC4C3)cc2)cc1.Brc1ccc(N(c2ccc(Br)cc2)c2ccc(-c3ccc4c(c3)C3CCC4CC3)cc2)cc1.Brc1ccc(N(c2ccc(Br)cc2)c2ccc(-c3ccc4c(c3)C3CCCC4CC3)cc2)cc1.Cc1cc(-c2ccc(N(c3ccc(Br)cc3)c3ccc(Br)cc3)cc2)cc2c1C1CCC2C1. The third-order valence-electron chi connectivity index (χ3n) is 29.2. The zero-order valence-electron chi connectivity index (χ0n) is 73.6. The molecule has 132 heavy (non-hydrogen) atoms. The van der Waals surface area contributed by atoms with Gasteiger partial charge in [-0.25, -0.2) is 0 Å². The highest BCUT2D eigenvalue weighted by Gasteiger charge is 2.40. The Hall–Kier alpha value is -9.44. The van der Waals surface area contributed by atoms with Gasteiger partial charge in [-0.3, -0.25) is 0 Å². The molecule has 0 amide bonds. The summed E-state index contributed by atoms with van der Waals surface area (Å²) in [5, 5.41) is 0. The maximum Gasteiger partial charge on any atom is 0.0462 e. The van der Waals surface area contributed by atoms with Crippen LogP contribution in [0.3, 0.4) is 0 Å². The molecule has 16 aromatic rings. The summed E-state index contributed by atoms with van der Waals surface area (Å²) in [7, 11) is 0. The van der Waals surface area contributed by atoms with Crippen LogP contribution in [-0.4, -0.2) is 0 Å². The smallest absolute Gasteiger partial charge is 0.0462 e. The van der Waals surface area contributed by atoms with Crippen LogP contribution in [0.2, 0.25) is 0 Å². The van der Waals surface area contributed by atoms with Crippen LogP contribution in [0, 0.1) is 6.92 Å². The van der Waals surface area contributed by atoms with E-state index in [0.717, 1.165) is 151 Å². The van der Waals surface area contributed by atoms with E-state index in [1.807, 2.05) is 0 Å². The van der Waals surface area contributed by atoms with Gasteiger partial charge in [0.05, 0.1) is 0 Å². The van der Waals surface area contributed by atoms with E-state index in [4.69, 9.17) is 0 Å². The number of hydrogen-bond donors (Lipinski definition) is 0. The molecule has 10 aliphatic rings. The summed E-state index contributed by atoms with van der Waals surface area (Å²) >= 11 is 28.5. The summed E-state index contributed by atoms with van der Waals surface area (Å²) in [6.45, 7) is 2.31. The molecular weight excluding hydrogens is 2140 g/mol. The van der Waals surface area contributed by atoms with Crippen LogP contribution in [-0.2, 0) is 0 Å². The van der Waals surface area contributed by atoms with Crippen LogP contribution in [0.1, 0.15) is 194 Å². The van der Waals surface area contributed by atoms with Gasteiger partial charge in [0.1, 0.15) is 0 Å².